The number of furan rings is 1. The van der Waals surface area contributed by atoms with Gasteiger partial charge in [-0.2, -0.15) is 0 Å². The van der Waals surface area contributed by atoms with E-state index in [1.807, 2.05) is 31.2 Å². The van der Waals surface area contributed by atoms with Crippen molar-refractivity contribution < 1.29 is 18.5 Å². The number of fused-ring (bicyclic) bond motifs is 1. The first-order chi connectivity index (χ1) is 13.1. The van der Waals surface area contributed by atoms with Gasteiger partial charge in [-0.25, -0.2) is 0 Å². The van der Waals surface area contributed by atoms with E-state index in [0.717, 1.165) is 5.39 Å². The largest absolute Gasteiger partial charge is 0.451 e. The molecule has 0 saturated carbocycles. The summed E-state index contributed by atoms with van der Waals surface area (Å²) in [6, 6.07) is 9.31. The van der Waals surface area contributed by atoms with Crippen LogP contribution in [0.15, 0.2) is 39.3 Å². The minimum absolute atomic E-state index is 0.0820. The molecule has 2 amide bonds. The van der Waals surface area contributed by atoms with Crippen molar-refractivity contribution in [3.8, 4) is 0 Å². The number of carbonyl (C=O) groups excluding carboxylic acids is 2. The number of para-hydroxylation sites is 1. The summed E-state index contributed by atoms with van der Waals surface area (Å²) in [7, 11) is 0. The van der Waals surface area contributed by atoms with Crippen molar-refractivity contribution in [3.05, 3.63) is 53.1 Å². The molecular formula is C20H21N3O4. The first-order valence-corrected chi connectivity index (χ1v) is 9.10. The Balaban J connectivity index is 1.44. The van der Waals surface area contributed by atoms with E-state index in [1.54, 1.807) is 22.8 Å². The number of carbonyl (C=O) groups is 2. The Morgan fingerprint density at radius 2 is 1.74 bits per heavy atom. The molecule has 140 valence electrons. The van der Waals surface area contributed by atoms with Gasteiger partial charge < -0.3 is 18.7 Å². The Morgan fingerprint density at radius 1 is 1.07 bits per heavy atom. The lowest BCUT2D eigenvalue weighted by molar-refractivity contribution is 0.0518. The third-order valence-corrected chi connectivity index (χ3v) is 4.97. The first kappa shape index (κ1) is 17.3. The fourth-order valence-corrected chi connectivity index (χ4v) is 3.45. The van der Waals surface area contributed by atoms with E-state index in [0.29, 0.717) is 61.0 Å². The van der Waals surface area contributed by atoms with Crippen LogP contribution < -0.4 is 0 Å². The number of hydrogen-bond donors (Lipinski definition) is 0. The van der Waals surface area contributed by atoms with Gasteiger partial charge >= 0.3 is 0 Å². The van der Waals surface area contributed by atoms with Crippen molar-refractivity contribution in [1.29, 1.82) is 0 Å². The lowest BCUT2D eigenvalue weighted by atomic mass is 10.1. The van der Waals surface area contributed by atoms with Gasteiger partial charge in [-0.1, -0.05) is 30.3 Å². The fraction of sp³-hybridized carbons (Fsp3) is 0.350. The lowest BCUT2D eigenvalue weighted by Gasteiger charge is -2.34. The molecule has 0 bridgehead atoms. The van der Waals surface area contributed by atoms with Gasteiger partial charge in [0.1, 0.15) is 16.9 Å². The average Bonchev–Trinajstić information content (AvgIpc) is 3.30. The van der Waals surface area contributed by atoms with Crippen molar-refractivity contribution in [2.24, 2.45) is 0 Å². The van der Waals surface area contributed by atoms with Gasteiger partial charge in [-0.05, 0) is 25.5 Å². The average molecular weight is 367 g/mol. The standard InChI is InChI=1S/C20H21N3O4/c1-3-15-18(13(2)27-21-15)20(25)23-10-8-22(9-11-23)19(24)17-12-14-6-4-5-7-16(14)26-17/h4-7,12H,3,8-11H2,1-2H3. The summed E-state index contributed by atoms with van der Waals surface area (Å²) in [4.78, 5) is 29.0. The van der Waals surface area contributed by atoms with Crippen LogP contribution in [0.3, 0.4) is 0 Å². The zero-order chi connectivity index (χ0) is 19.0. The number of nitrogens with zero attached hydrogens (tertiary/aromatic N) is 3. The van der Waals surface area contributed by atoms with Gasteiger partial charge in [0.15, 0.2) is 5.76 Å². The molecule has 4 rings (SSSR count). The third-order valence-electron chi connectivity index (χ3n) is 4.97. The van der Waals surface area contributed by atoms with E-state index in [9.17, 15) is 9.59 Å². The van der Waals surface area contributed by atoms with Crippen LogP contribution in [0.1, 0.15) is 39.3 Å². The highest BCUT2D eigenvalue weighted by atomic mass is 16.5. The zero-order valence-electron chi connectivity index (χ0n) is 15.4. The van der Waals surface area contributed by atoms with Crippen LogP contribution in [-0.4, -0.2) is 52.9 Å². The molecule has 0 spiro atoms. The molecule has 7 nitrogen and oxygen atoms in total. The normalized spacial score (nSPS) is 14.7. The van der Waals surface area contributed by atoms with E-state index in [2.05, 4.69) is 5.16 Å². The number of aromatic nitrogens is 1. The second kappa shape index (κ2) is 6.90. The maximum absolute atomic E-state index is 12.8. The van der Waals surface area contributed by atoms with Crippen LogP contribution in [0.4, 0.5) is 0 Å². The predicted octanol–water partition coefficient (Wildman–Crippen LogP) is 2.89. The second-order valence-electron chi connectivity index (χ2n) is 6.65. The summed E-state index contributed by atoms with van der Waals surface area (Å²) in [5.74, 6) is 0.645. The summed E-state index contributed by atoms with van der Waals surface area (Å²) in [6.07, 6.45) is 0.642. The van der Waals surface area contributed by atoms with Gasteiger partial charge in [0.05, 0.1) is 5.69 Å². The van der Waals surface area contributed by atoms with Gasteiger partial charge in [0.2, 0.25) is 0 Å². The first-order valence-electron chi connectivity index (χ1n) is 9.10. The molecule has 0 atom stereocenters. The van der Waals surface area contributed by atoms with Crippen LogP contribution in [0.2, 0.25) is 0 Å². The van der Waals surface area contributed by atoms with Crippen molar-refractivity contribution >= 4 is 22.8 Å². The predicted molar refractivity (Wildman–Crippen MR) is 98.6 cm³/mol. The van der Waals surface area contributed by atoms with Gasteiger partial charge in [0.25, 0.3) is 11.8 Å². The fourth-order valence-electron chi connectivity index (χ4n) is 3.45. The molecule has 1 saturated heterocycles. The zero-order valence-corrected chi connectivity index (χ0v) is 15.4. The molecule has 0 unspecified atom stereocenters. The van der Waals surface area contributed by atoms with Crippen LogP contribution >= 0.6 is 0 Å². The SMILES string of the molecule is CCc1noc(C)c1C(=O)N1CCN(C(=O)c2cc3ccccc3o2)CC1. The van der Waals surface area contributed by atoms with Gasteiger partial charge in [-0.15, -0.1) is 0 Å². The lowest BCUT2D eigenvalue weighted by Crippen LogP contribution is -2.50. The number of aryl methyl sites for hydroxylation is 2. The molecule has 1 aromatic carbocycles. The Kier molecular flexibility index (Phi) is 4.43. The number of benzene rings is 1. The maximum atomic E-state index is 12.8. The quantitative estimate of drug-likeness (QED) is 0.711. The minimum atomic E-state index is -0.145. The molecule has 1 aliphatic rings. The monoisotopic (exact) mass is 367 g/mol. The highest BCUT2D eigenvalue weighted by molar-refractivity contribution is 5.97. The van der Waals surface area contributed by atoms with Crippen molar-refractivity contribution in [3.63, 3.8) is 0 Å². The summed E-state index contributed by atoms with van der Waals surface area (Å²) >= 11 is 0. The number of amides is 2. The smallest absolute Gasteiger partial charge is 0.289 e. The molecule has 3 aromatic rings. The Hall–Kier alpha value is -3.09. The van der Waals surface area contributed by atoms with Crippen LogP contribution in [-0.2, 0) is 6.42 Å². The number of piperazine rings is 1. The maximum Gasteiger partial charge on any atom is 0.289 e. The summed E-state index contributed by atoms with van der Waals surface area (Å²) in [5.41, 5.74) is 1.93. The van der Waals surface area contributed by atoms with Crippen molar-refractivity contribution in [2.75, 3.05) is 26.2 Å². The minimum Gasteiger partial charge on any atom is -0.451 e. The molecular weight excluding hydrogens is 346 g/mol. The van der Waals surface area contributed by atoms with E-state index in [1.165, 1.54) is 0 Å². The number of hydrogen-bond acceptors (Lipinski definition) is 5. The summed E-state index contributed by atoms with van der Waals surface area (Å²) in [5, 5.41) is 4.86. The van der Waals surface area contributed by atoms with Crippen molar-refractivity contribution in [1.82, 2.24) is 15.0 Å². The Labute approximate surface area is 156 Å². The van der Waals surface area contributed by atoms with Crippen molar-refractivity contribution in [2.45, 2.75) is 20.3 Å². The Morgan fingerprint density at radius 3 is 2.41 bits per heavy atom. The third kappa shape index (κ3) is 3.09. The molecule has 0 N–H and O–H groups in total. The molecule has 1 aliphatic heterocycles. The topological polar surface area (TPSA) is 79.8 Å². The summed E-state index contributed by atoms with van der Waals surface area (Å²) in [6.45, 7) is 5.57. The molecule has 0 aliphatic carbocycles. The Bertz CT molecular complexity index is 963. The molecule has 1 fully saturated rings. The van der Waals surface area contributed by atoms with Crippen LogP contribution in [0.25, 0.3) is 11.0 Å². The highest BCUT2D eigenvalue weighted by Crippen LogP contribution is 2.22. The van der Waals surface area contributed by atoms with E-state index in [4.69, 9.17) is 8.94 Å². The van der Waals surface area contributed by atoms with E-state index >= 15 is 0 Å². The van der Waals surface area contributed by atoms with Gasteiger partial charge in [0, 0.05) is 31.6 Å². The molecule has 0 radical (unpaired) electrons. The van der Waals surface area contributed by atoms with E-state index < -0.39 is 0 Å². The summed E-state index contributed by atoms with van der Waals surface area (Å²) < 4.78 is 10.8. The van der Waals surface area contributed by atoms with Crippen LogP contribution in [0.5, 0.6) is 0 Å². The molecule has 7 heteroatoms. The number of rotatable bonds is 3. The second-order valence-corrected chi connectivity index (χ2v) is 6.65. The molecule has 2 aromatic heterocycles. The van der Waals surface area contributed by atoms with Crippen LogP contribution in [0, 0.1) is 6.92 Å². The van der Waals surface area contributed by atoms with E-state index in [-0.39, 0.29) is 11.8 Å². The highest BCUT2D eigenvalue weighted by Gasteiger charge is 2.30. The molecule has 27 heavy (non-hydrogen) atoms. The molecule has 3 heterocycles. The van der Waals surface area contributed by atoms with Gasteiger partial charge in [-0.3, -0.25) is 9.59 Å².